The normalized spacial score (nSPS) is 40.4. The van der Waals surface area contributed by atoms with E-state index in [-0.39, 0.29) is 35.6 Å². The summed E-state index contributed by atoms with van der Waals surface area (Å²) in [5.74, 6) is -0.180. The highest BCUT2D eigenvalue weighted by atomic mass is 16.6. The summed E-state index contributed by atoms with van der Waals surface area (Å²) < 4.78 is 11.5. The number of piperidine rings is 1. The molecule has 0 aromatic heterocycles. The Morgan fingerprint density at radius 2 is 2.08 bits per heavy atom. The summed E-state index contributed by atoms with van der Waals surface area (Å²) in [4.78, 5) is 26.9. The smallest absolute Gasteiger partial charge is 0.334 e. The zero-order chi connectivity index (χ0) is 17.6. The van der Waals surface area contributed by atoms with Gasteiger partial charge in [0.1, 0.15) is 12.2 Å². The number of likely N-dealkylation sites (tertiary alicyclic amines) is 1. The van der Waals surface area contributed by atoms with Crippen molar-refractivity contribution in [1.82, 2.24) is 4.90 Å². The van der Waals surface area contributed by atoms with Gasteiger partial charge in [0.05, 0.1) is 5.60 Å². The third-order valence-electron chi connectivity index (χ3n) is 6.26. The van der Waals surface area contributed by atoms with Crippen molar-refractivity contribution < 1.29 is 19.1 Å². The second-order valence-corrected chi connectivity index (χ2v) is 8.01. The van der Waals surface area contributed by atoms with Gasteiger partial charge in [0.2, 0.25) is 5.91 Å². The molecule has 3 fully saturated rings. The van der Waals surface area contributed by atoms with Crippen molar-refractivity contribution in [3.05, 3.63) is 23.8 Å². The maximum atomic E-state index is 12.9. The van der Waals surface area contributed by atoms with Gasteiger partial charge in [-0.05, 0) is 51.9 Å². The Morgan fingerprint density at radius 3 is 2.84 bits per heavy atom. The van der Waals surface area contributed by atoms with Gasteiger partial charge in [-0.1, -0.05) is 12.7 Å². The monoisotopic (exact) mass is 345 g/mol. The summed E-state index contributed by atoms with van der Waals surface area (Å²) >= 11 is 0. The van der Waals surface area contributed by atoms with Crippen LogP contribution in [0.2, 0.25) is 0 Å². The number of carbonyl (C=O) groups excluding carboxylic acids is 2. The summed E-state index contributed by atoms with van der Waals surface area (Å²) in [5.41, 5.74) is 1.17. The van der Waals surface area contributed by atoms with Crippen molar-refractivity contribution in [2.24, 2.45) is 5.92 Å². The lowest BCUT2D eigenvalue weighted by atomic mass is 9.83. The molecule has 5 heteroatoms. The van der Waals surface area contributed by atoms with Crippen LogP contribution in [0.5, 0.6) is 0 Å². The average molecular weight is 345 g/mol. The molecule has 4 rings (SSSR count). The largest absolute Gasteiger partial charge is 0.455 e. The number of carbonyl (C=O) groups is 2. The minimum absolute atomic E-state index is 0.0338. The molecule has 0 N–H and O–H groups in total. The molecule has 4 atom stereocenters. The zero-order valence-corrected chi connectivity index (χ0v) is 15.0. The number of amides is 1. The lowest BCUT2D eigenvalue weighted by Gasteiger charge is -2.28. The molecule has 1 amide bonds. The molecule has 0 saturated carbocycles. The maximum absolute atomic E-state index is 12.9. The number of nitrogens with zero attached hydrogens (tertiary/aromatic N) is 1. The molecule has 3 heterocycles. The summed E-state index contributed by atoms with van der Waals surface area (Å²) in [6, 6.07) is 0. The lowest BCUT2D eigenvalue weighted by molar-refractivity contribution is -0.140. The van der Waals surface area contributed by atoms with Crippen molar-refractivity contribution >= 4 is 11.9 Å². The van der Waals surface area contributed by atoms with Gasteiger partial charge in [0.25, 0.3) is 0 Å². The van der Waals surface area contributed by atoms with Crippen LogP contribution < -0.4 is 0 Å². The minimum atomic E-state index is -0.306. The quantitative estimate of drug-likeness (QED) is 0.416. The Balaban J connectivity index is 1.54. The Bertz CT molecular complexity index is 634. The van der Waals surface area contributed by atoms with Crippen molar-refractivity contribution in [2.75, 3.05) is 13.1 Å². The van der Waals surface area contributed by atoms with Gasteiger partial charge in [-0.3, -0.25) is 4.79 Å². The number of rotatable bonds is 1. The predicted molar refractivity (Wildman–Crippen MR) is 92.8 cm³/mol. The van der Waals surface area contributed by atoms with Crippen LogP contribution >= 0.6 is 0 Å². The Labute approximate surface area is 149 Å². The second-order valence-electron chi connectivity index (χ2n) is 8.01. The van der Waals surface area contributed by atoms with E-state index in [1.165, 1.54) is 6.42 Å². The van der Waals surface area contributed by atoms with Crippen LogP contribution in [0.1, 0.15) is 51.9 Å². The van der Waals surface area contributed by atoms with Gasteiger partial charge in [-0.2, -0.15) is 0 Å². The zero-order valence-electron chi connectivity index (χ0n) is 15.0. The van der Waals surface area contributed by atoms with E-state index >= 15 is 0 Å². The van der Waals surface area contributed by atoms with Crippen molar-refractivity contribution in [1.29, 1.82) is 0 Å². The van der Waals surface area contributed by atoms with Gasteiger partial charge in [-0.25, -0.2) is 4.79 Å². The highest BCUT2D eigenvalue weighted by molar-refractivity contribution is 5.94. The van der Waals surface area contributed by atoms with E-state index in [1.54, 1.807) is 0 Å². The first-order chi connectivity index (χ1) is 12.0. The molecule has 25 heavy (non-hydrogen) atoms. The first-order valence-electron chi connectivity index (χ1n) is 9.55. The minimum Gasteiger partial charge on any atom is -0.455 e. The molecular weight excluding hydrogens is 318 g/mol. The molecule has 1 aliphatic carbocycles. The van der Waals surface area contributed by atoms with E-state index in [9.17, 15) is 9.59 Å². The van der Waals surface area contributed by atoms with Crippen LogP contribution in [0.15, 0.2) is 23.8 Å². The van der Waals surface area contributed by atoms with Crippen molar-refractivity contribution in [3.63, 3.8) is 0 Å². The molecule has 3 saturated heterocycles. The molecule has 0 bridgehead atoms. The van der Waals surface area contributed by atoms with E-state index in [0.717, 1.165) is 50.8 Å². The van der Waals surface area contributed by atoms with E-state index in [4.69, 9.17) is 9.47 Å². The first-order valence-corrected chi connectivity index (χ1v) is 9.55. The van der Waals surface area contributed by atoms with E-state index < -0.39 is 0 Å². The fourth-order valence-electron chi connectivity index (χ4n) is 4.55. The van der Waals surface area contributed by atoms with Crippen molar-refractivity contribution in [2.45, 2.75) is 69.7 Å². The molecule has 4 aliphatic rings. The second kappa shape index (κ2) is 6.27. The fourth-order valence-corrected chi connectivity index (χ4v) is 4.55. The van der Waals surface area contributed by atoms with Crippen LogP contribution in [0.4, 0.5) is 0 Å². The van der Waals surface area contributed by atoms with Crippen LogP contribution in [-0.4, -0.2) is 47.7 Å². The number of hydrogen-bond donors (Lipinski definition) is 0. The highest BCUT2D eigenvalue weighted by Crippen LogP contribution is 2.49. The van der Waals surface area contributed by atoms with Crippen LogP contribution in [0.25, 0.3) is 0 Å². The van der Waals surface area contributed by atoms with Gasteiger partial charge in [0, 0.05) is 30.2 Å². The van der Waals surface area contributed by atoms with E-state index in [1.807, 2.05) is 4.90 Å². The fraction of sp³-hybridized carbons (Fsp3) is 0.700. The lowest BCUT2D eigenvalue weighted by Crippen LogP contribution is -2.37. The Hall–Kier alpha value is -1.62. The molecule has 3 aliphatic heterocycles. The number of ether oxygens (including phenoxy) is 2. The molecule has 0 aromatic carbocycles. The van der Waals surface area contributed by atoms with Gasteiger partial charge >= 0.3 is 5.97 Å². The van der Waals surface area contributed by atoms with Crippen molar-refractivity contribution in [3.8, 4) is 0 Å². The summed E-state index contributed by atoms with van der Waals surface area (Å²) in [5, 5.41) is 0. The molecule has 0 aromatic rings. The molecule has 0 spiro atoms. The predicted octanol–water partition coefficient (Wildman–Crippen LogP) is 2.75. The third-order valence-corrected chi connectivity index (χ3v) is 6.26. The highest BCUT2D eigenvalue weighted by Gasteiger charge is 2.61. The first kappa shape index (κ1) is 16.8. The molecule has 0 unspecified atom stereocenters. The van der Waals surface area contributed by atoms with Gasteiger partial charge in [0.15, 0.2) is 0 Å². The Morgan fingerprint density at radius 1 is 1.32 bits per heavy atom. The van der Waals surface area contributed by atoms with E-state index in [2.05, 4.69) is 19.6 Å². The molecule has 5 nitrogen and oxygen atoms in total. The van der Waals surface area contributed by atoms with Crippen LogP contribution in [-0.2, 0) is 19.1 Å². The van der Waals surface area contributed by atoms with Crippen LogP contribution in [0, 0.1) is 5.92 Å². The Kier molecular flexibility index (Phi) is 4.22. The molecule has 136 valence electrons. The third kappa shape index (κ3) is 3.03. The standard InChI is InChI=1S/C20H27NO4/c1-13-15-9-8-14(18(22)21-11-4-3-5-12-21)7-6-10-20(2)17(25-20)16(15)24-19(13)23/h7,15-17H,1,3-6,8-12H2,2H3/b14-7+/t15-,16-,17-,20+/m0/s1. The SMILES string of the molecule is C=C1C(=O)O[C@H]2[C@H]1CC/C(C(=O)N1CCCCC1)=C\CC[C@@]1(C)O[C@@H]21. The summed E-state index contributed by atoms with van der Waals surface area (Å²) in [6.07, 6.45) is 8.29. The summed E-state index contributed by atoms with van der Waals surface area (Å²) in [7, 11) is 0. The number of esters is 1. The number of fused-ring (bicyclic) bond motifs is 3. The van der Waals surface area contributed by atoms with Crippen LogP contribution in [0.3, 0.4) is 0 Å². The topological polar surface area (TPSA) is 59.1 Å². The summed E-state index contributed by atoms with van der Waals surface area (Å²) in [6.45, 7) is 7.73. The number of hydrogen-bond acceptors (Lipinski definition) is 4. The van der Waals surface area contributed by atoms with Gasteiger partial charge < -0.3 is 14.4 Å². The number of epoxide rings is 1. The number of allylic oxidation sites excluding steroid dienone is 1. The average Bonchev–Trinajstić information content (AvgIpc) is 3.21. The molecular formula is C20H27NO4. The van der Waals surface area contributed by atoms with Gasteiger partial charge in [-0.15, -0.1) is 0 Å². The molecule has 0 radical (unpaired) electrons. The van der Waals surface area contributed by atoms with E-state index in [0.29, 0.717) is 12.0 Å². The maximum Gasteiger partial charge on any atom is 0.334 e.